The number of hydrogen-bond donors (Lipinski definition) is 3. The second kappa shape index (κ2) is 8.09. The predicted octanol–water partition coefficient (Wildman–Crippen LogP) is 3.05. The Morgan fingerprint density at radius 2 is 1.78 bits per heavy atom. The molecule has 0 fully saturated rings. The van der Waals surface area contributed by atoms with Gasteiger partial charge in [0.15, 0.2) is 0 Å². The highest BCUT2D eigenvalue weighted by Crippen LogP contribution is 2.33. The van der Waals surface area contributed by atoms with Crippen molar-refractivity contribution in [3.63, 3.8) is 0 Å². The van der Waals surface area contributed by atoms with Gasteiger partial charge < -0.3 is 11.1 Å². The Hall–Kier alpha value is -3.74. The average Bonchev–Trinajstić information content (AvgIpc) is 2.69. The van der Waals surface area contributed by atoms with Crippen LogP contribution in [0.2, 0.25) is 0 Å². The molecule has 2 aromatic heterocycles. The summed E-state index contributed by atoms with van der Waals surface area (Å²) in [6.07, 6.45) is 4.71. The Morgan fingerprint density at radius 3 is 2.48 bits per heavy atom. The van der Waals surface area contributed by atoms with Crippen LogP contribution in [-0.2, 0) is 0 Å². The third-order valence-corrected chi connectivity index (χ3v) is 3.90. The largest absolute Gasteiger partial charge is 0.366 e. The van der Waals surface area contributed by atoms with Crippen LogP contribution in [0.25, 0.3) is 22.3 Å². The van der Waals surface area contributed by atoms with Crippen LogP contribution in [0.1, 0.15) is 17.3 Å². The van der Waals surface area contributed by atoms with E-state index in [1.165, 1.54) is 6.20 Å². The van der Waals surface area contributed by atoms with E-state index in [9.17, 15) is 9.59 Å². The number of amides is 3. The van der Waals surface area contributed by atoms with E-state index in [1.54, 1.807) is 24.5 Å². The molecule has 0 bridgehead atoms. The maximum atomic E-state index is 11.8. The molecular weight excluding hydrogens is 342 g/mol. The SMILES string of the molecule is CCNC(=O)Nc1cc(-c2ccccc2)c(-c2cncc(C(N)=O)c2)cn1. The zero-order valence-corrected chi connectivity index (χ0v) is 14.8. The van der Waals surface area contributed by atoms with Crippen molar-refractivity contribution < 1.29 is 9.59 Å². The number of hydrogen-bond acceptors (Lipinski definition) is 4. The maximum Gasteiger partial charge on any atom is 0.320 e. The molecular formula is C20H19N5O2. The highest BCUT2D eigenvalue weighted by Gasteiger charge is 2.13. The highest BCUT2D eigenvalue weighted by atomic mass is 16.2. The van der Waals surface area contributed by atoms with Gasteiger partial charge in [-0.1, -0.05) is 30.3 Å². The monoisotopic (exact) mass is 361 g/mol. The van der Waals surface area contributed by atoms with Crippen LogP contribution in [0.15, 0.2) is 61.1 Å². The molecule has 3 amide bonds. The number of rotatable bonds is 5. The summed E-state index contributed by atoms with van der Waals surface area (Å²) in [4.78, 5) is 31.7. The molecule has 0 atom stereocenters. The Labute approximate surface area is 156 Å². The summed E-state index contributed by atoms with van der Waals surface area (Å²) >= 11 is 0. The Balaban J connectivity index is 2.09. The molecule has 27 heavy (non-hydrogen) atoms. The third-order valence-electron chi connectivity index (χ3n) is 3.90. The lowest BCUT2D eigenvalue weighted by molar-refractivity contribution is 0.1000. The number of nitrogens with one attached hydrogen (secondary N) is 2. The first kappa shape index (κ1) is 18.1. The maximum absolute atomic E-state index is 11.8. The van der Waals surface area contributed by atoms with Crippen molar-refractivity contribution in [1.82, 2.24) is 15.3 Å². The molecule has 7 heteroatoms. The number of pyridine rings is 2. The van der Waals surface area contributed by atoms with Crippen molar-refractivity contribution in [2.45, 2.75) is 6.92 Å². The molecule has 0 unspecified atom stereocenters. The minimum Gasteiger partial charge on any atom is -0.366 e. The Bertz CT molecular complexity index is 973. The normalized spacial score (nSPS) is 10.3. The number of carbonyl (C=O) groups is 2. The van der Waals surface area contributed by atoms with E-state index < -0.39 is 5.91 Å². The molecule has 3 rings (SSSR count). The minimum atomic E-state index is -0.548. The van der Waals surface area contributed by atoms with Crippen LogP contribution in [0, 0.1) is 0 Å². The summed E-state index contributed by atoms with van der Waals surface area (Å²) < 4.78 is 0. The van der Waals surface area contributed by atoms with Crippen LogP contribution in [0.4, 0.5) is 10.6 Å². The molecule has 0 aliphatic heterocycles. The van der Waals surface area contributed by atoms with Gasteiger partial charge in [0.25, 0.3) is 0 Å². The van der Waals surface area contributed by atoms with Gasteiger partial charge in [-0.05, 0) is 30.2 Å². The first-order valence-electron chi connectivity index (χ1n) is 8.44. The fourth-order valence-electron chi connectivity index (χ4n) is 2.65. The molecule has 0 radical (unpaired) electrons. The van der Waals surface area contributed by atoms with Crippen LogP contribution in [0.5, 0.6) is 0 Å². The summed E-state index contributed by atoms with van der Waals surface area (Å²) in [7, 11) is 0. The molecule has 4 N–H and O–H groups in total. The molecule has 1 aromatic carbocycles. The smallest absolute Gasteiger partial charge is 0.320 e. The molecule has 0 saturated heterocycles. The molecule has 0 aliphatic rings. The van der Waals surface area contributed by atoms with Crippen LogP contribution in [-0.4, -0.2) is 28.5 Å². The van der Waals surface area contributed by atoms with Gasteiger partial charge in [0.2, 0.25) is 5.91 Å². The minimum absolute atomic E-state index is 0.316. The van der Waals surface area contributed by atoms with Gasteiger partial charge in [-0.25, -0.2) is 9.78 Å². The first-order chi connectivity index (χ1) is 13.1. The van der Waals surface area contributed by atoms with E-state index in [-0.39, 0.29) is 6.03 Å². The number of anilines is 1. The number of nitrogens with zero attached hydrogens (tertiary/aromatic N) is 2. The topological polar surface area (TPSA) is 110 Å². The zero-order chi connectivity index (χ0) is 19.2. The van der Waals surface area contributed by atoms with Crippen molar-refractivity contribution >= 4 is 17.8 Å². The van der Waals surface area contributed by atoms with Crippen LogP contribution < -0.4 is 16.4 Å². The standard InChI is InChI=1S/C20H19N5O2/c1-2-23-20(27)25-18-9-16(13-6-4-3-5-7-13)17(12-24-18)14-8-15(19(21)26)11-22-10-14/h3-12H,2H2,1H3,(H2,21,26)(H2,23,24,25,27). The molecule has 2 heterocycles. The van der Waals surface area contributed by atoms with Gasteiger partial charge >= 0.3 is 6.03 Å². The van der Waals surface area contributed by atoms with E-state index in [0.29, 0.717) is 23.5 Å². The fraction of sp³-hybridized carbons (Fsp3) is 0.100. The van der Waals surface area contributed by atoms with E-state index in [0.717, 1.165) is 16.7 Å². The number of primary amides is 1. The van der Waals surface area contributed by atoms with Gasteiger partial charge in [0, 0.05) is 36.3 Å². The second-order valence-corrected chi connectivity index (χ2v) is 5.79. The third kappa shape index (κ3) is 4.27. The highest BCUT2D eigenvalue weighted by molar-refractivity contribution is 5.95. The van der Waals surface area contributed by atoms with Gasteiger partial charge in [-0.2, -0.15) is 0 Å². The predicted molar refractivity (Wildman–Crippen MR) is 104 cm³/mol. The van der Waals surface area contributed by atoms with Crippen molar-refractivity contribution in [3.05, 3.63) is 66.6 Å². The second-order valence-electron chi connectivity index (χ2n) is 5.79. The summed E-state index contributed by atoms with van der Waals surface area (Å²) in [6.45, 7) is 2.35. The summed E-state index contributed by atoms with van der Waals surface area (Å²) in [5, 5.41) is 5.38. The van der Waals surface area contributed by atoms with E-state index in [2.05, 4.69) is 20.6 Å². The number of aromatic nitrogens is 2. The molecule has 0 saturated carbocycles. The van der Waals surface area contributed by atoms with Crippen LogP contribution in [0.3, 0.4) is 0 Å². The van der Waals surface area contributed by atoms with Gasteiger partial charge in [0.1, 0.15) is 5.82 Å². The first-order valence-corrected chi connectivity index (χ1v) is 8.44. The van der Waals surface area contributed by atoms with E-state index >= 15 is 0 Å². The molecule has 136 valence electrons. The molecule has 0 spiro atoms. The van der Waals surface area contributed by atoms with Gasteiger partial charge in [0.05, 0.1) is 5.56 Å². The van der Waals surface area contributed by atoms with E-state index in [1.807, 2.05) is 37.3 Å². The lowest BCUT2D eigenvalue weighted by Crippen LogP contribution is -2.28. The Kier molecular flexibility index (Phi) is 5.41. The summed E-state index contributed by atoms with van der Waals surface area (Å²) in [6, 6.07) is 12.8. The van der Waals surface area contributed by atoms with Crippen molar-refractivity contribution in [2.24, 2.45) is 5.73 Å². The summed E-state index contributed by atoms with van der Waals surface area (Å²) in [5.74, 6) is -0.129. The lowest BCUT2D eigenvalue weighted by Gasteiger charge is -2.13. The quantitative estimate of drug-likeness (QED) is 0.648. The van der Waals surface area contributed by atoms with Crippen LogP contribution >= 0.6 is 0 Å². The van der Waals surface area contributed by atoms with Crippen molar-refractivity contribution in [3.8, 4) is 22.3 Å². The number of benzene rings is 1. The number of nitrogens with two attached hydrogens (primary N) is 1. The van der Waals surface area contributed by atoms with Gasteiger partial charge in [-0.15, -0.1) is 0 Å². The lowest BCUT2D eigenvalue weighted by atomic mass is 9.96. The molecule has 0 aliphatic carbocycles. The fourth-order valence-corrected chi connectivity index (χ4v) is 2.65. The van der Waals surface area contributed by atoms with Crippen molar-refractivity contribution in [2.75, 3.05) is 11.9 Å². The zero-order valence-electron chi connectivity index (χ0n) is 14.8. The van der Waals surface area contributed by atoms with E-state index in [4.69, 9.17) is 5.73 Å². The Morgan fingerprint density at radius 1 is 1.00 bits per heavy atom. The molecule has 7 nitrogen and oxygen atoms in total. The number of urea groups is 1. The number of carbonyl (C=O) groups excluding carboxylic acids is 2. The van der Waals surface area contributed by atoms with Crippen molar-refractivity contribution in [1.29, 1.82) is 0 Å². The average molecular weight is 361 g/mol. The summed E-state index contributed by atoms with van der Waals surface area (Å²) in [5.41, 5.74) is 8.96. The molecule has 3 aromatic rings. The van der Waals surface area contributed by atoms with Gasteiger partial charge in [-0.3, -0.25) is 15.1 Å².